The molecule has 2 N–H and O–H groups in total. The summed E-state index contributed by atoms with van der Waals surface area (Å²) in [5, 5.41) is 16.0. The highest BCUT2D eigenvalue weighted by molar-refractivity contribution is 7.80. The molecular weight excluding hydrogens is 334 g/mol. The van der Waals surface area contributed by atoms with Crippen LogP contribution in [-0.4, -0.2) is 23.1 Å². The zero-order chi connectivity index (χ0) is 17.5. The molecule has 0 aliphatic rings. The van der Waals surface area contributed by atoms with Crippen molar-refractivity contribution in [2.45, 2.75) is 0 Å². The lowest BCUT2D eigenvalue weighted by atomic mass is 10.2. The van der Waals surface area contributed by atoms with E-state index >= 15 is 0 Å². The van der Waals surface area contributed by atoms with Crippen LogP contribution >= 0.6 is 12.2 Å². The Morgan fingerprint density at radius 1 is 1.42 bits per heavy atom. The Morgan fingerprint density at radius 3 is 2.83 bits per heavy atom. The third kappa shape index (κ3) is 4.65. The predicted octanol–water partition coefficient (Wildman–Crippen LogP) is 2.72. The first-order chi connectivity index (χ1) is 11.5. The van der Waals surface area contributed by atoms with Crippen molar-refractivity contribution in [2.75, 3.05) is 12.4 Å². The molecule has 0 saturated heterocycles. The van der Waals surface area contributed by atoms with Crippen LogP contribution in [0.3, 0.4) is 0 Å². The summed E-state index contributed by atoms with van der Waals surface area (Å²) >= 11 is 4.98. The number of nitrogens with one attached hydrogen (secondary N) is 2. The van der Waals surface area contributed by atoms with Crippen LogP contribution in [0.4, 0.5) is 11.4 Å². The number of methoxy groups -OCH3 is 1. The summed E-state index contributed by atoms with van der Waals surface area (Å²) in [4.78, 5) is 22.2. The maximum absolute atomic E-state index is 11.7. The number of carbonyl (C=O) groups excluding carboxylic acids is 1. The molecule has 0 radical (unpaired) electrons. The van der Waals surface area contributed by atoms with Gasteiger partial charge in [0.15, 0.2) is 5.11 Å². The van der Waals surface area contributed by atoms with Gasteiger partial charge in [-0.05, 0) is 42.6 Å². The molecule has 1 aromatic carbocycles. The molecule has 8 nitrogen and oxygen atoms in total. The van der Waals surface area contributed by atoms with Crippen molar-refractivity contribution >= 4 is 40.7 Å². The van der Waals surface area contributed by atoms with Gasteiger partial charge in [-0.2, -0.15) is 0 Å². The number of nitrogens with zero attached hydrogens (tertiary/aromatic N) is 1. The Balaban J connectivity index is 2.01. The number of nitro benzene ring substituents is 1. The topological polar surface area (TPSA) is 107 Å². The fourth-order valence-corrected chi connectivity index (χ4v) is 1.96. The fraction of sp³-hybridized carbons (Fsp3) is 0.0667. The number of hydrogen-bond acceptors (Lipinski definition) is 6. The Morgan fingerprint density at radius 2 is 2.21 bits per heavy atom. The Bertz CT molecular complexity index is 786. The van der Waals surface area contributed by atoms with Gasteiger partial charge in [0.05, 0.1) is 24.4 Å². The number of carbonyl (C=O) groups is 1. The largest absolute Gasteiger partial charge is 0.496 e. The molecular formula is C15H13N3O5S. The molecule has 0 aliphatic carbocycles. The van der Waals surface area contributed by atoms with Crippen LogP contribution in [0.2, 0.25) is 0 Å². The molecule has 0 spiro atoms. The van der Waals surface area contributed by atoms with E-state index in [9.17, 15) is 14.9 Å². The molecule has 0 aliphatic heterocycles. The molecule has 1 aromatic heterocycles. The summed E-state index contributed by atoms with van der Waals surface area (Å²) in [5.41, 5.74) is -0.0850. The number of anilines is 1. The summed E-state index contributed by atoms with van der Waals surface area (Å²) in [6, 6.07) is 7.60. The van der Waals surface area contributed by atoms with Crippen LogP contribution in [0, 0.1) is 10.1 Å². The van der Waals surface area contributed by atoms with Crippen LogP contribution in [-0.2, 0) is 4.79 Å². The van der Waals surface area contributed by atoms with Gasteiger partial charge < -0.3 is 14.5 Å². The average molecular weight is 347 g/mol. The van der Waals surface area contributed by atoms with E-state index in [1.807, 2.05) is 0 Å². The zero-order valence-electron chi connectivity index (χ0n) is 12.5. The van der Waals surface area contributed by atoms with Gasteiger partial charge >= 0.3 is 0 Å². The van der Waals surface area contributed by atoms with E-state index in [1.54, 1.807) is 12.1 Å². The molecule has 1 heterocycles. The molecule has 2 aromatic rings. The second-order valence-corrected chi connectivity index (χ2v) is 4.84. The van der Waals surface area contributed by atoms with E-state index in [0.29, 0.717) is 11.5 Å². The number of nitro groups is 1. The summed E-state index contributed by atoms with van der Waals surface area (Å²) in [5.74, 6) is 0.346. The minimum absolute atomic E-state index is 0.0719. The molecule has 2 rings (SSSR count). The zero-order valence-corrected chi connectivity index (χ0v) is 13.3. The molecule has 124 valence electrons. The lowest BCUT2D eigenvalue weighted by Crippen LogP contribution is -2.33. The third-order valence-electron chi connectivity index (χ3n) is 2.83. The van der Waals surface area contributed by atoms with Gasteiger partial charge in [0.2, 0.25) is 5.91 Å². The molecule has 0 unspecified atom stereocenters. The molecule has 9 heteroatoms. The van der Waals surface area contributed by atoms with Gasteiger partial charge in [0.1, 0.15) is 17.2 Å². The molecule has 24 heavy (non-hydrogen) atoms. The number of hydrogen-bond donors (Lipinski definition) is 2. The highest BCUT2D eigenvalue weighted by Gasteiger charge is 2.16. The number of rotatable bonds is 5. The van der Waals surface area contributed by atoms with Gasteiger partial charge in [0, 0.05) is 6.08 Å². The van der Waals surface area contributed by atoms with Gasteiger partial charge in [-0.3, -0.25) is 20.2 Å². The fourth-order valence-electron chi connectivity index (χ4n) is 1.75. The summed E-state index contributed by atoms with van der Waals surface area (Å²) in [7, 11) is 1.41. The minimum atomic E-state index is -0.577. The van der Waals surface area contributed by atoms with Gasteiger partial charge in [-0.1, -0.05) is 0 Å². The normalized spacial score (nSPS) is 10.4. The molecule has 0 atom stereocenters. The van der Waals surface area contributed by atoms with Crippen LogP contribution < -0.4 is 15.4 Å². The summed E-state index contributed by atoms with van der Waals surface area (Å²) in [6.07, 6.45) is 4.18. The SMILES string of the molecule is COc1ccc(NC(=S)NC(=O)/C=C/c2ccco2)c([N+](=O)[O-])c1. The molecule has 0 saturated carbocycles. The monoisotopic (exact) mass is 347 g/mol. The van der Waals surface area contributed by atoms with Crippen LogP contribution in [0.5, 0.6) is 5.75 Å². The number of thiocarbonyl (C=S) groups is 1. The molecule has 0 fully saturated rings. The second-order valence-electron chi connectivity index (χ2n) is 4.43. The molecule has 1 amide bonds. The first kappa shape index (κ1) is 17.2. The number of benzene rings is 1. The first-order valence-electron chi connectivity index (χ1n) is 6.65. The average Bonchev–Trinajstić information content (AvgIpc) is 3.06. The highest BCUT2D eigenvalue weighted by atomic mass is 32.1. The second kappa shape index (κ2) is 7.88. The Kier molecular flexibility index (Phi) is 5.63. The summed E-state index contributed by atoms with van der Waals surface area (Å²) < 4.78 is 9.99. The smallest absolute Gasteiger partial charge is 0.296 e. The van der Waals surface area contributed by atoms with E-state index in [2.05, 4.69) is 10.6 Å². The maximum Gasteiger partial charge on any atom is 0.296 e. The van der Waals surface area contributed by atoms with Crippen molar-refractivity contribution in [1.29, 1.82) is 0 Å². The first-order valence-corrected chi connectivity index (χ1v) is 7.06. The number of furan rings is 1. The number of amides is 1. The van der Waals surface area contributed by atoms with Gasteiger partial charge in [-0.25, -0.2) is 0 Å². The Labute approximate surface area is 142 Å². The van der Waals surface area contributed by atoms with Crippen molar-refractivity contribution < 1.29 is 18.9 Å². The van der Waals surface area contributed by atoms with Gasteiger partial charge in [-0.15, -0.1) is 0 Å². The number of ether oxygens (including phenoxy) is 1. The van der Waals surface area contributed by atoms with Crippen molar-refractivity contribution in [1.82, 2.24) is 5.32 Å². The maximum atomic E-state index is 11.7. The van der Waals surface area contributed by atoms with Crippen molar-refractivity contribution in [3.8, 4) is 5.75 Å². The third-order valence-corrected chi connectivity index (χ3v) is 3.03. The van der Waals surface area contributed by atoms with E-state index in [-0.39, 0.29) is 16.5 Å². The van der Waals surface area contributed by atoms with E-state index in [1.165, 1.54) is 43.7 Å². The highest BCUT2D eigenvalue weighted by Crippen LogP contribution is 2.28. The van der Waals surface area contributed by atoms with E-state index in [0.717, 1.165) is 0 Å². The van der Waals surface area contributed by atoms with Crippen molar-refractivity contribution in [2.24, 2.45) is 0 Å². The van der Waals surface area contributed by atoms with Crippen LogP contribution in [0.25, 0.3) is 6.08 Å². The van der Waals surface area contributed by atoms with Crippen LogP contribution in [0.15, 0.2) is 47.1 Å². The molecule has 0 bridgehead atoms. The van der Waals surface area contributed by atoms with E-state index in [4.69, 9.17) is 21.4 Å². The Hall–Kier alpha value is -3.20. The van der Waals surface area contributed by atoms with Crippen LogP contribution in [0.1, 0.15) is 5.76 Å². The predicted molar refractivity (Wildman–Crippen MR) is 91.8 cm³/mol. The quantitative estimate of drug-likeness (QED) is 0.371. The van der Waals surface area contributed by atoms with Crippen molar-refractivity contribution in [3.63, 3.8) is 0 Å². The lowest BCUT2D eigenvalue weighted by Gasteiger charge is -2.09. The summed E-state index contributed by atoms with van der Waals surface area (Å²) in [6.45, 7) is 0. The standard InChI is InChI=1S/C15H13N3O5S/c1-22-11-4-6-12(13(9-11)18(20)21)16-15(24)17-14(19)7-5-10-3-2-8-23-10/h2-9H,1H3,(H2,16,17,19,24)/b7-5+. The lowest BCUT2D eigenvalue weighted by molar-refractivity contribution is -0.384. The van der Waals surface area contributed by atoms with Gasteiger partial charge in [0.25, 0.3) is 5.69 Å². The van der Waals surface area contributed by atoms with Crippen molar-refractivity contribution in [3.05, 3.63) is 58.5 Å². The van der Waals surface area contributed by atoms with E-state index < -0.39 is 10.8 Å². The minimum Gasteiger partial charge on any atom is -0.496 e.